The van der Waals surface area contributed by atoms with E-state index in [1.54, 1.807) is 24.1 Å². The number of benzene rings is 2. The second-order valence-electron chi connectivity index (χ2n) is 6.64. The lowest BCUT2D eigenvalue weighted by Crippen LogP contribution is -2.35. The molecule has 0 bridgehead atoms. The van der Waals surface area contributed by atoms with Gasteiger partial charge in [-0.25, -0.2) is 0 Å². The van der Waals surface area contributed by atoms with E-state index in [-0.39, 0.29) is 17.2 Å². The van der Waals surface area contributed by atoms with Crippen LogP contribution in [0.5, 0.6) is 11.5 Å². The second-order valence-corrected chi connectivity index (χ2v) is 6.64. The topological polar surface area (TPSA) is 42.0 Å². The third kappa shape index (κ3) is 5.19. The molecule has 1 saturated heterocycles. The standard InChI is InChI=1S/C21H24F2N2O3/c1-27-17-9-7-16(8-10-17)15-24-11-4-12-25(14-13-24)20(26)18-5-2-3-6-19(18)28-21(22)23/h2-3,5-10,21H,4,11-15H2,1H3. The number of hydrogen-bond acceptors (Lipinski definition) is 4. The number of carbonyl (C=O) groups is 1. The summed E-state index contributed by atoms with van der Waals surface area (Å²) in [4.78, 5) is 16.9. The molecule has 1 heterocycles. The molecule has 0 N–H and O–H groups in total. The minimum atomic E-state index is -2.96. The Morgan fingerprint density at radius 2 is 1.79 bits per heavy atom. The molecule has 28 heavy (non-hydrogen) atoms. The highest BCUT2D eigenvalue weighted by Crippen LogP contribution is 2.23. The van der Waals surface area contributed by atoms with Crippen molar-refractivity contribution in [3.63, 3.8) is 0 Å². The van der Waals surface area contributed by atoms with Crippen molar-refractivity contribution in [2.45, 2.75) is 19.6 Å². The molecule has 0 spiro atoms. The van der Waals surface area contributed by atoms with Crippen molar-refractivity contribution in [3.8, 4) is 11.5 Å². The van der Waals surface area contributed by atoms with Crippen molar-refractivity contribution in [1.82, 2.24) is 9.80 Å². The fourth-order valence-corrected chi connectivity index (χ4v) is 3.33. The first-order chi connectivity index (χ1) is 13.6. The molecular weight excluding hydrogens is 366 g/mol. The van der Waals surface area contributed by atoms with Crippen LogP contribution < -0.4 is 9.47 Å². The zero-order valence-electron chi connectivity index (χ0n) is 15.8. The zero-order chi connectivity index (χ0) is 19.9. The highest BCUT2D eigenvalue weighted by Gasteiger charge is 2.23. The number of alkyl halides is 2. The number of para-hydroxylation sites is 1. The van der Waals surface area contributed by atoms with Crippen molar-refractivity contribution in [2.24, 2.45) is 0 Å². The van der Waals surface area contributed by atoms with Crippen LogP contribution in [-0.2, 0) is 6.54 Å². The van der Waals surface area contributed by atoms with E-state index in [1.807, 2.05) is 24.3 Å². The van der Waals surface area contributed by atoms with Crippen molar-refractivity contribution >= 4 is 5.91 Å². The summed E-state index contributed by atoms with van der Waals surface area (Å²) in [5.41, 5.74) is 1.35. The first-order valence-electron chi connectivity index (χ1n) is 9.25. The van der Waals surface area contributed by atoms with Crippen LogP contribution in [0.25, 0.3) is 0 Å². The number of halogens is 2. The number of hydrogen-bond donors (Lipinski definition) is 0. The molecule has 1 aliphatic rings. The summed E-state index contributed by atoms with van der Waals surface area (Å²) >= 11 is 0. The lowest BCUT2D eigenvalue weighted by atomic mass is 10.1. The van der Waals surface area contributed by atoms with E-state index >= 15 is 0 Å². The summed E-state index contributed by atoms with van der Waals surface area (Å²) in [7, 11) is 1.64. The molecule has 0 radical (unpaired) electrons. The highest BCUT2D eigenvalue weighted by atomic mass is 19.3. The van der Waals surface area contributed by atoms with Gasteiger partial charge in [0.15, 0.2) is 0 Å². The summed E-state index contributed by atoms with van der Waals surface area (Å²) in [6.45, 7) is 0.537. The summed E-state index contributed by atoms with van der Waals surface area (Å²) in [6, 6.07) is 14.1. The Balaban J connectivity index is 1.62. The molecule has 7 heteroatoms. The average Bonchev–Trinajstić information content (AvgIpc) is 2.94. The summed E-state index contributed by atoms with van der Waals surface area (Å²) < 4.78 is 34.9. The Morgan fingerprint density at radius 3 is 2.50 bits per heavy atom. The van der Waals surface area contributed by atoms with Gasteiger partial charge in [-0.15, -0.1) is 0 Å². The molecule has 3 rings (SSSR count). The maximum Gasteiger partial charge on any atom is 0.387 e. The number of amides is 1. The molecule has 1 amide bonds. The van der Waals surface area contributed by atoms with E-state index < -0.39 is 6.61 Å². The molecule has 150 valence electrons. The molecule has 0 aliphatic carbocycles. The smallest absolute Gasteiger partial charge is 0.387 e. The van der Waals surface area contributed by atoms with Crippen LogP contribution >= 0.6 is 0 Å². The minimum absolute atomic E-state index is 0.0816. The maximum absolute atomic E-state index is 12.9. The van der Waals surface area contributed by atoms with E-state index in [2.05, 4.69) is 9.64 Å². The van der Waals surface area contributed by atoms with Crippen molar-refractivity contribution in [3.05, 3.63) is 59.7 Å². The van der Waals surface area contributed by atoms with E-state index in [0.29, 0.717) is 13.1 Å². The fourth-order valence-electron chi connectivity index (χ4n) is 3.33. The maximum atomic E-state index is 12.9. The molecule has 2 aromatic rings. The van der Waals surface area contributed by atoms with Crippen LogP contribution in [0.4, 0.5) is 8.78 Å². The van der Waals surface area contributed by atoms with Gasteiger partial charge in [0, 0.05) is 32.7 Å². The summed E-state index contributed by atoms with van der Waals surface area (Å²) in [5, 5.41) is 0. The predicted octanol–water partition coefficient (Wildman–Crippen LogP) is 3.64. The fraction of sp³-hybridized carbons (Fsp3) is 0.381. The molecule has 0 unspecified atom stereocenters. The van der Waals surface area contributed by atoms with Crippen LogP contribution in [0.15, 0.2) is 48.5 Å². The van der Waals surface area contributed by atoms with Gasteiger partial charge in [-0.3, -0.25) is 9.69 Å². The average molecular weight is 390 g/mol. The van der Waals surface area contributed by atoms with E-state index in [0.717, 1.165) is 31.8 Å². The van der Waals surface area contributed by atoms with Crippen LogP contribution in [0, 0.1) is 0 Å². The number of carbonyl (C=O) groups excluding carboxylic acids is 1. The van der Waals surface area contributed by atoms with Crippen LogP contribution in [0.1, 0.15) is 22.3 Å². The molecule has 1 aliphatic heterocycles. The minimum Gasteiger partial charge on any atom is -0.497 e. The Kier molecular flexibility index (Phi) is 6.81. The molecule has 0 atom stereocenters. The third-order valence-corrected chi connectivity index (χ3v) is 4.77. The van der Waals surface area contributed by atoms with Crippen molar-refractivity contribution < 1.29 is 23.0 Å². The molecule has 1 fully saturated rings. The Bertz CT molecular complexity index is 783. The SMILES string of the molecule is COc1ccc(CN2CCCN(C(=O)c3ccccc3OC(F)F)CC2)cc1. The first-order valence-corrected chi connectivity index (χ1v) is 9.25. The molecule has 0 saturated carbocycles. The predicted molar refractivity (Wildman–Crippen MR) is 102 cm³/mol. The van der Waals surface area contributed by atoms with E-state index in [9.17, 15) is 13.6 Å². The summed E-state index contributed by atoms with van der Waals surface area (Å²) in [6.07, 6.45) is 0.819. The molecular formula is C21H24F2N2O3. The monoisotopic (exact) mass is 390 g/mol. The van der Waals surface area contributed by atoms with Crippen LogP contribution in [0.2, 0.25) is 0 Å². The van der Waals surface area contributed by atoms with Gasteiger partial charge in [0.25, 0.3) is 5.91 Å². The lowest BCUT2D eigenvalue weighted by Gasteiger charge is -2.23. The normalized spacial score (nSPS) is 15.4. The first kappa shape index (κ1) is 20.1. The van der Waals surface area contributed by atoms with E-state index in [1.165, 1.54) is 17.7 Å². The Morgan fingerprint density at radius 1 is 1.04 bits per heavy atom. The molecule has 5 nitrogen and oxygen atoms in total. The third-order valence-electron chi connectivity index (χ3n) is 4.77. The van der Waals surface area contributed by atoms with Gasteiger partial charge >= 0.3 is 6.61 Å². The summed E-state index contributed by atoms with van der Waals surface area (Å²) in [5.74, 6) is 0.463. The van der Waals surface area contributed by atoms with Crippen molar-refractivity contribution in [1.29, 1.82) is 0 Å². The highest BCUT2D eigenvalue weighted by molar-refractivity contribution is 5.97. The van der Waals surface area contributed by atoms with Crippen molar-refractivity contribution in [2.75, 3.05) is 33.3 Å². The van der Waals surface area contributed by atoms with Gasteiger partial charge in [0.2, 0.25) is 0 Å². The quantitative estimate of drug-likeness (QED) is 0.755. The lowest BCUT2D eigenvalue weighted by molar-refractivity contribution is -0.0502. The van der Waals surface area contributed by atoms with Gasteiger partial charge in [-0.2, -0.15) is 8.78 Å². The van der Waals surface area contributed by atoms with Crippen LogP contribution in [-0.4, -0.2) is 55.6 Å². The second kappa shape index (κ2) is 9.50. The van der Waals surface area contributed by atoms with Gasteiger partial charge < -0.3 is 14.4 Å². The number of methoxy groups -OCH3 is 1. The zero-order valence-corrected chi connectivity index (χ0v) is 15.8. The van der Waals surface area contributed by atoms with Crippen LogP contribution in [0.3, 0.4) is 0 Å². The van der Waals surface area contributed by atoms with Gasteiger partial charge in [0.1, 0.15) is 11.5 Å². The molecule has 2 aromatic carbocycles. The number of rotatable bonds is 6. The Labute approximate surface area is 163 Å². The number of nitrogens with zero attached hydrogens (tertiary/aromatic N) is 2. The Hall–Kier alpha value is -2.67. The number of ether oxygens (including phenoxy) is 2. The molecule has 0 aromatic heterocycles. The largest absolute Gasteiger partial charge is 0.497 e. The van der Waals surface area contributed by atoms with Gasteiger partial charge in [0.05, 0.1) is 12.7 Å². The van der Waals surface area contributed by atoms with Gasteiger partial charge in [-0.05, 0) is 36.2 Å². The van der Waals surface area contributed by atoms with E-state index in [4.69, 9.17) is 4.74 Å². The van der Waals surface area contributed by atoms with Gasteiger partial charge in [-0.1, -0.05) is 24.3 Å².